The summed E-state index contributed by atoms with van der Waals surface area (Å²) in [6.45, 7) is 1.20. The number of sulfonamides is 1. The van der Waals surface area contributed by atoms with Gasteiger partial charge in [0.1, 0.15) is 4.90 Å². The van der Waals surface area contributed by atoms with E-state index in [1.807, 2.05) is 24.3 Å². The van der Waals surface area contributed by atoms with Crippen LogP contribution < -0.4 is 5.43 Å². The van der Waals surface area contributed by atoms with Gasteiger partial charge in [0.25, 0.3) is 10.0 Å². The second kappa shape index (κ2) is 6.09. The highest BCUT2D eigenvalue weighted by molar-refractivity contribution is 7.89. The molecule has 21 heavy (non-hydrogen) atoms. The fraction of sp³-hybridized carbons (Fsp3) is 0.400. The predicted molar refractivity (Wildman–Crippen MR) is 82.1 cm³/mol. The highest BCUT2D eigenvalue weighted by Crippen LogP contribution is 2.24. The van der Waals surface area contributed by atoms with Gasteiger partial charge < -0.3 is 0 Å². The maximum absolute atomic E-state index is 12.9. The smallest absolute Gasteiger partial charge is 0.257 e. The van der Waals surface area contributed by atoms with Crippen LogP contribution in [-0.2, 0) is 10.0 Å². The highest BCUT2D eigenvalue weighted by Gasteiger charge is 2.26. The lowest BCUT2D eigenvalue weighted by atomic mass is 10.2. The van der Waals surface area contributed by atoms with Crippen molar-refractivity contribution in [3.63, 3.8) is 0 Å². The molecule has 1 aliphatic heterocycles. The average molecular weight is 305 g/mol. The fourth-order valence-electron chi connectivity index (χ4n) is 2.63. The zero-order chi connectivity index (χ0) is 14.7. The lowest BCUT2D eigenvalue weighted by Crippen LogP contribution is -2.44. The van der Waals surface area contributed by atoms with Gasteiger partial charge in [0, 0.05) is 36.3 Å². The maximum atomic E-state index is 12.9. The van der Waals surface area contributed by atoms with Crippen LogP contribution in [-0.4, -0.2) is 30.9 Å². The molecule has 1 saturated heterocycles. The second-order valence-corrected chi connectivity index (χ2v) is 7.09. The molecule has 0 amide bonds. The van der Waals surface area contributed by atoms with Gasteiger partial charge in [0.2, 0.25) is 0 Å². The molecular weight excluding hydrogens is 286 g/mol. The standard InChI is InChI=1S/C15H19N3O2S/c19-21(20,18-10-6-2-1-5-9-17-18)15-12-16-11-13-7-3-4-8-14(13)15/h3-4,7-8,11-12,17H,1-2,5-6,9-10H2. The molecule has 6 heteroatoms. The van der Waals surface area contributed by atoms with E-state index in [9.17, 15) is 8.42 Å². The van der Waals surface area contributed by atoms with Gasteiger partial charge in [-0.1, -0.05) is 37.1 Å². The topological polar surface area (TPSA) is 62.3 Å². The first-order valence-electron chi connectivity index (χ1n) is 7.28. The van der Waals surface area contributed by atoms with Crippen molar-refractivity contribution in [3.05, 3.63) is 36.7 Å². The number of benzene rings is 1. The number of nitrogens with zero attached hydrogens (tertiary/aromatic N) is 2. The first-order chi connectivity index (χ1) is 10.2. The van der Waals surface area contributed by atoms with E-state index in [1.54, 1.807) is 6.20 Å². The van der Waals surface area contributed by atoms with E-state index >= 15 is 0 Å². The van der Waals surface area contributed by atoms with E-state index in [0.29, 0.717) is 13.1 Å². The number of rotatable bonds is 2. The van der Waals surface area contributed by atoms with Crippen molar-refractivity contribution in [2.75, 3.05) is 13.1 Å². The van der Waals surface area contributed by atoms with Gasteiger partial charge in [0.05, 0.1) is 0 Å². The van der Waals surface area contributed by atoms with Gasteiger partial charge in [-0.15, -0.1) is 4.41 Å². The van der Waals surface area contributed by atoms with Gasteiger partial charge in [-0.05, 0) is 12.8 Å². The molecule has 0 radical (unpaired) electrons. The third-order valence-corrected chi connectivity index (χ3v) is 5.55. The molecule has 112 valence electrons. The molecule has 1 fully saturated rings. The van der Waals surface area contributed by atoms with Crippen LogP contribution in [0.25, 0.3) is 10.8 Å². The molecule has 1 aromatic heterocycles. The summed E-state index contributed by atoms with van der Waals surface area (Å²) in [5.74, 6) is 0. The van der Waals surface area contributed by atoms with Gasteiger partial charge in [-0.25, -0.2) is 13.8 Å². The van der Waals surface area contributed by atoms with Gasteiger partial charge in [-0.3, -0.25) is 4.98 Å². The number of pyridine rings is 1. The summed E-state index contributed by atoms with van der Waals surface area (Å²) in [4.78, 5) is 4.35. The monoisotopic (exact) mass is 305 g/mol. The van der Waals surface area contributed by atoms with E-state index in [2.05, 4.69) is 10.4 Å². The number of aromatic nitrogens is 1. The van der Waals surface area contributed by atoms with E-state index in [4.69, 9.17) is 0 Å². The Balaban J connectivity index is 2.03. The predicted octanol–water partition coefficient (Wildman–Crippen LogP) is 2.30. The molecule has 1 aromatic carbocycles. The first kappa shape index (κ1) is 14.4. The van der Waals surface area contributed by atoms with Gasteiger partial charge in [0.15, 0.2) is 0 Å². The molecule has 0 spiro atoms. The van der Waals surface area contributed by atoms with Crippen LogP contribution in [0.4, 0.5) is 0 Å². The van der Waals surface area contributed by atoms with Crippen LogP contribution in [0, 0.1) is 0 Å². The van der Waals surface area contributed by atoms with Crippen molar-refractivity contribution in [2.24, 2.45) is 0 Å². The van der Waals surface area contributed by atoms with Crippen LogP contribution in [0.15, 0.2) is 41.6 Å². The number of nitrogens with one attached hydrogen (secondary N) is 1. The molecule has 0 atom stereocenters. The maximum Gasteiger partial charge on any atom is 0.257 e. The molecule has 3 rings (SSSR count). The molecule has 1 N–H and O–H groups in total. The van der Waals surface area contributed by atoms with Crippen LogP contribution >= 0.6 is 0 Å². The van der Waals surface area contributed by atoms with Crippen LogP contribution in [0.3, 0.4) is 0 Å². The van der Waals surface area contributed by atoms with Crippen molar-refractivity contribution < 1.29 is 8.42 Å². The van der Waals surface area contributed by atoms with E-state index in [1.165, 1.54) is 10.6 Å². The lowest BCUT2D eigenvalue weighted by molar-refractivity contribution is 0.288. The third kappa shape index (κ3) is 2.92. The lowest BCUT2D eigenvalue weighted by Gasteiger charge is -2.25. The molecular formula is C15H19N3O2S. The molecule has 0 unspecified atom stereocenters. The Morgan fingerprint density at radius 2 is 1.86 bits per heavy atom. The first-order valence-corrected chi connectivity index (χ1v) is 8.72. The summed E-state index contributed by atoms with van der Waals surface area (Å²) in [5.41, 5.74) is 3.04. The van der Waals surface area contributed by atoms with Crippen LogP contribution in [0.5, 0.6) is 0 Å². The highest BCUT2D eigenvalue weighted by atomic mass is 32.2. The molecule has 2 heterocycles. The molecule has 5 nitrogen and oxygen atoms in total. The van der Waals surface area contributed by atoms with Crippen LogP contribution in [0.1, 0.15) is 25.7 Å². The molecule has 0 saturated carbocycles. The minimum Gasteiger partial charge on any atom is -0.263 e. The number of hydrogen-bond acceptors (Lipinski definition) is 4. The van der Waals surface area contributed by atoms with E-state index in [0.717, 1.165) is 36.5 Å². The zero-order valence-corrected chi connectivity index (χ0v) is 12.6. The molecule has 0 aliphatic carbocycles. The summed E-state index contributed by atoms with van der Waals surface area (Å²) < 4.78 is 27.2. The van der Waals surface area contributed by atoms with Crippen molar-refractivity contribution in [1.82, 2.24) is 14.8 Å². The minimum absolute atomic E-state index is 0.272. The molecule has 1 aliphatic rings. The van der Waals surface area contributed by atoms with Gasteiger partial charge in [-0.2, -0.15) is 0 Å². The number of hydrogen-bond donors (Lipinski definition) is 1. The summed E-state index contributed by atoms with van der Waals surface area (Å²) >= 11 is 0. The SMILES string of the molecule is O=S(=O)(c1cncc2ccccc12)N1CCCCCCN1. The van der Waals surface area contributed by atoms with E-state index in [-0.39, 0.29) is 4.90 Å². The Hall–Kier alpha value is -1.50. The van der Waals surface area contributed by atoms with Crippen molar-refractivity contribution in [2.45, 2.75) is 30.6 Å². The second-order valence-electron chi connectivity index (χ2n) is 5.26. The summed E-state index contributed by atoms with van der Waals surface area (Å²) in [6.07, 6.45) is 7.23. The Morgan fingerprint density at radius 3 is 2.76 bits per heavy atom. The summed E-state index contributed by atoms with van der Waals surface area (Å²) in [6, 6.07) is 7.44. The Labute approximate surface area is 125 Å². The Kier molecular flexibility index (Phi) is 4.19. The van der Waals surface area contributed by atoms with Crippen molar-refractivity contribution >= 4 is 20.8 Å². The average Bonchev–Trinajstić information content (AvgIpc) is 2.46. The van der Waals surface area contributed by atoms with Gasteiger partial charge >= 0.3 is 0 Å². The van der Waals surface area contributed by atoms with Crippen molar-refractivity contribution in [1.29, 1.82) is 0 Å². The Morgan fingerprint density at radius 1 is 1.05 bits per heavy atom. The fourth-order valence-corrected chi connectivity index (χ4v) is 4.16. The molecule has 0 bridgehead atoms. The van der Waals surface area contributed by atoms with E-state index < -0.39 is 10.0 Å². The van der Waals surface area contributed by atoms with Crippen molar-refractivity contribution in [3.8, 4) is 0 Å². The normalized spacial score (nSPS) is 18.3. The zero-order valence-electron chi connectivity index (χ0n) is 11.8. The number of fused-ring (bicyclic) bond motifs is 1. The Bertz CT molecular complexity index is 717. The summed E-state index contributed by atoms with van der Waals surface area (Å²) in [7, 11) is -3.57. The third-order valence-electron chi connectivity index (χ3n) is 3.78. The number of hydrazine groups is 1. The minimum atomic E-state index is -3.57. The summed E-state index contributed by atoms with van der Waals surface area (Å²) in [5, 5.41) is 1.56. The quantitative estimate of drug-likeness (QED) is 0.925. The largest absolute Gasteiger partial charge is 0.263 e. The van der Waals surface area contributed by atoms with Crippen LogP contribution in [0.2, 0.25) is 0 Å². The molecule has 2 aromatic rings.